The number of pyridine rings is 1. The molecule has 0 aliphatic heterocycles. The highest BCUT2D eigenvalue weighted by Gasteiger charge is 2.22. The lowest BCUT2D eigenvalue weighted by atomic mass is 10.1. The predicted octanol–water partition coefficient (Wildman–Crippen LogP) is 1.08. The van der Waals surface area contributed by atoms with E-state index in [1.54, 1.807) is 24.8 Å². The minimum atomic E-state index is -0.599. The van der Waals surface area contributed by atoms with Crippen molar-refractivity contribution in [3.8, 4) is 23.0 Å². The van der Waals surface area contributed by atoms with Gasteiger partial charge in [0.25, 0.3) is 0 Å². The Hall–Kier alpha value is -3.60. The third-order valence-corrected chi connectivity index (χ3v) is 4.36. The van der Waals surface area contributed by atoms with Crippen molar-refractivity contribution in [1.29, 1.82) is 5.41 Å². The number of esters is 1. The summed E-state index contributed by atoms with van der Waals surface area (Å²) in [6, 6.07) is 3.24. The molecule has 0 spiro atoms. The summed E-state index contributed by atoms with van der Waals surface area (Å²) in [5.41, 5.74) is 2.56. The molecule has 11 nitrogen and oxygen atoms in total. The van der Waals surface area contributed by atoms with Crippen molar-refractivity contribution in [2.75, 3.05) is 19.5 Å². The lowest BCUT2D eigenvalue weighted by Gasteiger charge is -2.11. The maximum absolute atomic E-state index is 12.0. The minimum Gasteiger partial charge on any atom is -0.464 e. The van der Waals surface area contributed by atoms with Crippen LogP contribution in [0.1, 0.15) is 28.7 Å². The highest BCUT2D eigenvalue weighted by molar-refractivity contribution is 5.97. The van der Waals surface area contributed by atoms with Gasteiger partial charge in [-0.3, -0.25) is 4.68 Å². The van der Waals surface area contributed by atoms with Crippen LogP contribution in [0, 0.1) is 5.41 Å². The zero-order valence-corrected chi connectivity index (χ0v) is 16.6. The van der Waals surface area contributed by atoms with Crippen molar-refractivity contribution < 1.29 is 14.6 Å². The number of aliphatic hydroxyl groups is 1. The quantitative estimate of drug-likeness (QED) is 0.396. The van der Waals surface area contributed by atoms with E-state index >= 15 is 0 Å². The standard InChI is InChI=1S/C18H22N8O3/c1-5-26-14(6-10(9-27)23-26)16-22-17(25(3)24-16)15-11(8-19)12(20-2)7-13(21-15)18(28)29-4/h6-8,19,27H,5,9H2,1-4H3,(H,20,21). The van der Waals surface area contributed by atoms with E-state index < -0.39 is 5.97 Å². The van der Waals surface area contributed by atoms with Gasteiger partial charge in [-0.2, -0.15) is 5.10 Å². The number of anilines is 1. The van der Waals surface area contributed by atoms with Crippen molar-refractivity contribution in [3.05, 3.63) is 29.1 Å². The third-order valence-electron chi connectivity index (χ3n) is 4.36. The lowest BCUT2D eigenvalue weighted by Crippen LogP contribution is -2.10. The molecule has 0 saturated carbocycles. The van der Waals surface area contributed by atoms with Gasteiger partial charge in [-0.1, -0.05) is 0 Å². The Morgan fingerprint density at radius 3 is 2.69 bits per heavy atom. The SMILES string of the molecule is CCn1nc(CO)cc1-c1nc(-c2nc(C(=O)OC)cc(NC)c2C=N)n(C)n1. The molecule has 3 heterocycles. The molecule has 0 aromatic carbocycles. The molecule has 29 heavy (non-hydrogen) atoms. The molecule has 3 rings (SSSR count). The molecule has 0 aliphatic carbocycles. The second kappa shape index (κ2) is 8.19. The largest absolute Gasteiger partial charge is 0.464 e. The van der Waals surface area contributed by atoms with Gasteiger partial charge in [-0.25, -0.2) is 19.4 Å². The van der Waals surface area contributed by atoms with Crippen LogP contribution < -0.4 is 5.32 Å². The Morgan fingerprint density at radius 2 is 2.10 bits per heavy atom. The highest BCUT2D eigenvalue weighted by Crippen LogP contribution is 2.28. The number of ether oxygens (including phenoxy) is 1. The van der Waals surface area contributed by atoms with Crippen LogP contribution in [0.15, 0.2) is 12.1 Å². The average molecular weight is 398 g/mol. The second-order valence-corrected chi connectivity index (χ2v) is 6.08. The van der Waals surface area contributed by atoms with E-state index in [2.05, 4.69) is 25.5 Å². The monoisotopic (exact) mass is 398 g/mol. The number of aliphatic hydroxyl groups excluding tert-OH is 1. The number of nitrogens with one attached hydrogen (secondary N) is 2. The van der Waals surface area contributed by atoms with Gasteiger partial charge in [0, 0.05) is 38.1 Å². The van der Waals surface area contributed by atoms with E-state index in [0.717, 1.165) is 6.21 Å². The summed E-state index contributed by atoms with van der Waals surface area (Å²) in [7, 11) is 4.66. The Bertz CT molecular complexity index is 1070. The number of hydrogen-bond donors (Lipinski definition) is 3. The zero-order chi connectivity index (χ0) is 21.1. The molecule has 11 heteroatoms. The number of hydrogen-bond acceptors (Lipinski definition) is 9. The first-order valence-corrected chi connectivity index (χ1v) is 8.88. The van der Waals surface area contributed by atoms with Crippen LogP contribution in [0.25, 0.3) is 23.0 Å². The smallest absolute Gasteiger partial charge is 0.356 e. The zero-order valence-electron chi connectivity index (χ0n) is 16.6. The number of carbonyl (C=O) groups excluding carboxylic acids is 1. The van der Waals surface area contributed by atoms with Crippen LogP contribution in [0.3, 0.4) is 0 Å². The van der Waals surface area contributed by atoms with Crippen molar-refractivity contribution in [1.82, 2.24) is 29.5 Å². The summed E-state index contributed by atoms with van der Waals surface area (Å²) >= 11 is 0. The molecular weight excluding hydrogens is 376 g/mol. The predicted molar refractivity (Wildman–Crippen MR) is 106 cm³/mol. The molecule has 3 aromatic rings. The summed E-state index contributed by atoms with van der Waals surface area (Å²) in [6.45, 7) is 2.32. The molecule has 0 radical (unpaired) electrons. The number of carbonyl (C=O) groups is 1. The van der Waals surface area contributed by atoms with Crippen LogP contribution in [-0.2, 0) is 24.9 Å². The third kappa shape index (κ3) is 3.59. The summed E-state index contributed by atoms with van der Waals surface area (Å²) in [4.78, 5) is 21.0. The maximum Gasteiger partial charge on any atom is 0.356 e. The molecule has 3 N–H and O–H groups in total. The van der Waals surface area contributed by atoms with Crippen molar-refractivity contribution >= 4 is 17.9 Å². The fourth-order valence-corrected chi connectivity index (χ4v) is 2.96. The molecule has 0 fully saturated rings. The van der Waals surface area contributed by atoms with Crippen LogP contribution in [0.4, 0.5) is 5.69 Å². The first kappa shape index (κ1) is 20.1. The number of rotatable bonds is 7. The minimum absolute atomic E-state index is 0.0863. The fraction of sp³-hybridized carbons (Fsp3) is 0.333. The Morgan fingerprint density at radius 1 is 1.34 bits per heavy atom. The van der Waals surface area contributed by atoms with Gasteiger partial charge in [0.05, 0.1) is 19.4 Å². The van der Waals surface area contributed by atoms with Crippen molar-refractivity contribution in [2.24, 2.45) is 7.05 Å². The molecule has 0 bridgehead atoms. The van der Waals surface area contributed by atoms with Gasteiger partial charge in [0.15, 0.2) is 17.3 Å². The second-order valence-electron chi connectivity index (χ2n) is 6.08. The Kier molecular flexibility index (Phi) is 5.69. The first-order chi connectivity index (χ1) is 14.0. The molecule has 0 aliphatic rings. The number of aryl methyl sites for hydroxylation is 2. The molecule has 0 saturated heterocycles. The molecular formula is C18H22N8O3. The van der Waals surface area contributed by atoms with Gasteiger partial charge in [-0.05, 0) is 19.1 Å². The number of nitrogens with zero attached hydrogens (tertiary/aromatic N) is 6. The van der Waals surface area contributed by atoms with Crippen LogP contribution in [0.2, 0.25) is 0 Å². The number of aromatic nitrogens is 6. The topological polar surface area (TPSA) is 144 Å². The highest BCUT2D eigenvalue weighted by atomic mass is 16.5. The van der Waals surface area contributed by atoms with E-state index in [1.165, 1.54) is 17.9 Å². The average Bonchev–Trinajstić information content (AvgIpc) is 3.34. The van der Waals surface area contributed by atoms with Gasteiger partial charge in [-0.15, -0.1) is 5.10 Å². The summed E-state index contributed by atoms with van der Waals surface area (Å²) in [6.07, 6.45) is 1.14. The van der Waals surface area contributed by atoms with Crippen molar-refractivity contribution in [3.63, 3.8) is 0 Å². The van der Waals surface area contributed by atoms with Gasteiger partial charge in [0.2, 0.25) is 0 Å². The van der Waals surface area contributed by atoms with Gasteiger partial charge in [0.1, 0.15) is 11.4 Å². The van der Waals surface area contributed by atoms with Crippen LogP contribution in [-0.4, -0.2) is 61.0 Å². The number of methoxy groups -OCH3 is 1. The summed E-state index contributed by atoms with van der Waals surface area (Å²) < 4.78 is 8.00. The van der Waals surface area contributed by atoms with Crippen LogP contribution >= 0.6 is 0 Å². The van der Waals surface area contributed by atoms with E-state index in [0.29, 0.717) is 46.5 Å². The molecule has 3 aromatic heterocycles. The van der Waals surface area contributed by atoms with Gasteiger partial charge < -0.3 is 20.6 Å². The van der Waals surface area contributed by atoms with E-state index in [4.69, 9.17) is 10.1 Å². The maximum atomic E-state index is 12.0. The van der Waals surface area contributed by atoms with E-state index in [1.807, 2.05) is 6.92 Å². The van der Waals surface area contributed by atoms with Crippen LogP contribution in [0.5, 0.6) is 0 Å². The summed E-state index contributed by atoms with van der Waals surface area (Å²) in [5.74, 6) is 0.164. The van der Waals surface area contributed by atoms with E-state index in [-0.39, 0.29) is 12.3 Å². The lowest BCUT2D eigenvalue weighted by molar-refractivity contribution is 0.0594. The normalized spacial score (nSPS) is 10.8. The first-order valence-electron chi connectivity index (χ1n) is 8.88. The molecule has 0 unspecified atom stereocenters. The molecule has 152 valence electrons. The van der Waals surface area contributed by atoms with Crippen molar-refractivity contribution in [2.45, 2.75) is 20.1 Å². The Labute approximate surface area is 166 Å². The Balaban J connectivity index is 2.21. The van der Waals surface area contributed by atoms with E-state index in [9.17, 15) is 9.90 Å². The fourth-order valence-electron chi connectivity index (χ4n) is 2.96. The van der Waals surface area contributed by atoms with Gasteiger partial charge >= 0.3 is 5.97 Å². The molecule has 0 atom stereocenters. The molecule has 0 amide bonds. The summed E-state index contributed by atoms with van der Waals surface area (Å²) in [5, 5.41) is 28.9.